The number of nitrogens with two attached hydrogens (primary N) is 1. The molecule has 0 unspecified atom stereocenters. The average molecular weight is 643 g/mol. The molecule has 242 valence electrons. The summed E-state index contributed by atoms with van der Waals surface area (Å²) < 4.78 is 83.0. The molecular formula is C27H37F3N8O5S. The number of ether oxygens (including phenoxy) is 3. The topological polar surface area (TPSA) is 156 Å². The van der Waals surface area contributed by atoms with Crippen molar-refractivity contribution in [1.29, 1.82) is 0 Å². The number of nitrogens with zero attached hydrogens (tertiary/aromatic N) is 4. The Morgan fingerprint density at radius 1 is 0.977 bits per heavy atom. The molecule has 0 atom stereocenters. The molecule has 0 saturated heterocycles. The highest BCUT2D eigenvalue weighted by Crippen LogP contribution is 2.40. The number of alkyl halides is 3. The van der Waals surface area contributed by atoms with Gasteiger partial charge in [-0.15, -0.1) is 0 Å². The third-order valence-electron chi connectivity index (χ3n) is 6.14. The lowest BCUT2D eigenvalue weighted by Crippen LogP contribution is -2.29. The van der Waals surface area contributed by atoms with Crippen molar-refractivity contribution in [2.24, 2.45) is 0 Å². The number of rotatable bonds is 15. The van der Waals surface area contributed by atoms with Gasteiger partial charge >= 0.3 is 6.18 Å². The van der Waals surface area contributed by atoms with Crippen molar-refractivity contribution >= 4 is 44.5 Å². The van der Waals surface area contributed by atoms with Gasteiger partial charge in [-0.1, -0.05) is 0 Å². The minimum atomic E-state index is -4.77. The number of anilines is 6. The van der Waals surface area contributed by atoms with Gasteiger partial charge in [0.2, 0.25) is 16.0 Å². The highest BCUT2D eigenvalue weighted by Gasteiger charge is 2.36. The Labute approximate surface area is 254 Å². The van der Waals surface area contributed by atoms with Crippen LogP contribution in [0.3, 0.4) is 0 Å². The Morgan fingerprint density at radius 3 is 2.27 bits per heavy atom. The van der Waals surface area contributed by atoms with Crippen molar-refractivity contribution in [3.05, 3.63) is 42.1 Å². The number of halogens is 3. The van der Waals surface area contributed by atoms with E-state index in [1.165, 1.54) is 26.4 Å². The van der Waals surface area contributed by atoms with Crippen LogP contribution in [0.1, 0.15) is 5.56 Å². The molecule has 13 nitrogen and oxygen atoms in total. The van der Waals surface area contributed by atoms with Gasteiger partial charge in [-0.3, -0.25) is 0 Å². The first-order valence-electron chi connectivity index (χ1n) is 13.2. The second kappa shape index (κ2) is 14.5. The van der Waals surface area contributed by atoms with Crippen LogP contribution in [0.4, 0.5) is 47.7 Å². The van der Waals surface area contributed by atoms with E-state index >= 15 is 0 Å². The van der Waals surface area contributed by atoms with Gasteiger partial charge in [0, 0.05) is 45.0 Å². The minimum Gasteiger partial charge on any atom is -0.494 e. The maximum Gasteiger partial charge on any atom is 0.421 e. The van der Waals surface area contributed by atoms with Gasteiger partial charge in [0.1, 0.15) is 35.2 Å². The third kappa shape index (κ3) is 9.65. The molecule has 44 heavy (non-hydrogen) atoms. The van der Waals surface area contributed by atoms with Gasteiger partial charge < -0.3 is 40.4 Å². The number of likely N-dealkylation sites (N-methyl/N-ethyl adjacent to an activating group) is 2. The van der Waals surface area contributed by atoms with E-state index < -0.39 is 27.6 Å². The zero-order valence-corrected chi connectivity index (χ0v) is 26.1. The van der Waals surface area contributed by atoms with Gasteiger partial charge in [0.15, 0.2) is 0 Å². The zero-order valence-electron chi connectivity index (χ0n) is 25.2. The van der Waals surface area contributed by atoms with E-state index in [2.05, 4.69) is 25.3 Å². The summed E-state index contributed by atoms with van der Waals surface area (Å²) in [4.78, 5) is 11.9. The molecule has 1 aromatic heterocycles. The van der Waals surface area contributed by atoms with E-state index in [0.29, 0.717) is 35.6 Å². The Kier molecular flexibility index (Phi) is 11.3. The van der Waals surface area contributed by atoms with Crippen LogP contribution in [0.2, 0.25) is 0 Å². The van der Waals surface area contributed by atoms with E-state index in [1.807, 2.05) is 30.9 Å². The molecule has 0 bridgehead atoms. The fourth-order valence-corrected chi connectivity index (χ4v) is 4.36. The molecule has 0 fully saturated rings. The predicted molar refractivity (Wildman–Crippen MR) is 164 cm³/mol. The Bertz CT molecular complexity index is 1540. The summed E-state index contributed by atoms with van der Waals surface area (Å²) in [5.74, 6) is 0.227. The number of methoxy groups -OCH3 is 2. The first-order chi connectivity index (χ1) is 20.6. The van der Waals surface area contributed by atoms with Crippen LogP contribution in [0, 0.1) is 0 Å². The quantitative estimate of drug-likeness (QED) is 0.142. The van der Waals surface area contributed by atoms with Crippen LogP contribution in [-0.2, 0) is 16.2 Å². The number of nitrogen functional groups attached to an aromatic ring is 1. The van der Waals surface area contributed by atoms with E-state index in [9.17, 15) is 21.6 Å². The lowest BCUT2D eigenvalue weighted by molar-refractivity contribution is -0.137. The zero-order chi connectivity index (χ0) is 32.7. The van der Waals surface area contributed by atoms with E-state index in [-0.39, 0.29) is 36.3 Å². The summed E-state index contributed by atoms with van der Waals surface area (Å²) in [5.41, 5.74) is 6.69. The van der Waals surface area contributed by atoms with Crippen molar-refractivity contribution in [2.45, 2.75) is 6.18 Å². The Hall–Kier alpha value is -4.22. The van der Waals surface area contributed by atoms with Crippen LogP contribution in [0.5, 0.6) is 17.2 Å². The summed E-state index contributed by atoms with van der Waals surface area (Å²) >= 11 is 0. The maximum absolute atomic E-state index is 14.0. The monoisotopic (exact) mass is 642 g/mol. The maximum atomic E-state index is 14.0. The highest BCUT2D eigenvalue weighted by atomic mass is 32.2. The van der Waals surface area contributed by atoms with Crippen LogP contribution in [-0.4, -0.2) is 91.1 Å². The van der Waals surface area contributed by atoms with Crippen LogP contribution >= 0.6 is 0 Å². The van der Waals surface area contributed by atoms with Gasteiger partial charge in [-0.25, -0.2) is 18.1 Å². The smallest absolute Gasteiger partial charge is 0.421 e. The van der Waals surface area contributed by atoms with Crippen LogP contribution < -0.4 is 40.2 Å². The van der Waals surface area contributed by atoms with Crippen molar-refractivity contribution in [2.75, 3.05) is 89.1 Å². The van der Waals surface area contributed by atoms with Gasteiger partial charge in [0.25, 0.3) is 0 Å². The predicted octanol–water partition coefficient (Wildman–Crippen LogP) is 3.51. The van der Waals surface area contributed by atoms with Crippen molar-refractivity contribution in [1.82, 2.24) is 19.6 Å². The number of aromatic nitrogens is 2. The molecule has 0 saturated carbocycles. The molecule has 1 heterocycles. The molecule has 0 radical (unpaired) electrons. The second-order valence-corrected chi connectivity index (χ2v) is 11.7. The minimum absolute atomic E-state index is 0.0569. The molecule has 0 spiro atoms. The molecule has 2 aromatic carbocycles. The van der Waals surface area contributed by atoms with E-state index in [1.54, 1.807) is 18.2 Å². The van der Waals surface area contributed by atoms with Crippen molar-refractivity contribution in [3.8, 4) is 17.2 Å². The van der Waals surface area contributed by atoms with E-state index in [4.69, 9.17) is 19.9 Å². The molecule has 3 aromatic rings. The third-order valence-corrected chi connectivity index (χ3v) is 6.87. The standard InChI is InChI=1S/C27H37F3N8O5S/c1-37(2)10-11-38(3)22-15-24(42-5)21(14-19(22)31)34-25-18(27(28,29)30)16-32-26(36-25)35-20-8-7-17(13-23(20)41-4)43-12-9-33-44(6,39)40/h7-8,13-16,33H,9-12,31H2,1-6H3,(H2,32,34,35,36). The molecule has 0 aliphatic heterocycles. The average Bonchev–Trinajstić information content (AvgIpc) is 2.93. The molecule has 3 rings (SSSR count). The molecule has 0 aliphatic carbocycles. The largest absolute Gasteiger partial charge is 0.494 e. The fourth-order valence-electron chi connectivity index (χ4n) is 3.91. The summed E-state index contributed by atoms with van der Waals surface area (Å²) in [7, 11) is 5.19. The highest BCUT2D eigenvalue weighted by molar-refractivity contribution is 7.88. The number of hydrogen-bond acceptors (Lipinski definition) is 12. The summed E-state index contributed by atoms with van der Waals surface area (Å²) in [5, 5.41) is 5.58. The number of hydrogen-bond donors (Lipinski definition) is 4. The molecular weight excluding hydrogens is 605 g/mol. The summed E-state index contributed by atoms with van der Waals surface area (Å²) in [6.07, 6.45) is -3.07. The first kappa shape index (κ1) is 34.3. The van der Waals surface area contributed by atoms with Crippen molar-refractivity contribution in [3.63, 3.8) is 0 Å². The second-order valence-electron chi connectivity index (χ2n) is 9.92. The molecule has 0 aliphatic rings. The first-order valence-corrected chi connectivity index (χ1v) is 15.1. The molecule has 17 heteroatoms. The Balaban J connectivity index is 1.88. The SMILES string of the molecule is COc1cc(OCCNS(C)(=O)=O)ccc1Nc1ncc(C(F)(F)F)c(Nc2cc(N)c(N(C)CCN(C)C)cc2OC)n1. The van der Waals surface area contributed by atoms with Crippen molar-refractivity contribution < 1.29 is 35.8 Å². The number of benzene rings is 2. The fraction of sp³-hybridized carbons (Fsp3) is 0.407. The number of sulfonamides is 1. The Morgan fingerprint density at radius 2 is 1.66 bits per heavy atom. The summed E-state index contributed by atoms with van der Waals surface area (Å²) in [6, 6.07) is 7.78. The normalized spacial score (nSPS) is 11.8. The summed E-state index contributed by atoms with van der Waals surface area (Å²) in [6.45, 7) is 1.53. The lowest BCUT2D eigenvalue weighted by Gasteiger charge is -2.25. The van der Waals surface area contributed by atoms with Gasteiger partial charge in [-0.2, -0.15) is 18.2 Å². The molecule has 0 amide bonds. The van der Waals surface area contributed by atoms with Crippen LogP contribution in [0.25, 0.3) is 0 Å². The van der Waals surface area contributed by atoms with Crippen LogP contribution in [0.15, 0.2) is 36.5 Å². The van der Waals surface area contributed by atoms with Gasteiger partial charge in [-0.05, 0) is 32.3 Å². The van der Waals surface area contributed by atoms with Gasteiger partial charge in [0.05, 0.1) is 43.2 Å². The number of nitrogens with one attached hydrogen (secondary N) is 3. The lowest BCUT2D eigenvalue weighted by atomic mass is 10.2. The molecule has 5 N–H and O–H groups in total. The van der Waals surface area contributed by atoms with E-state index in [0.717, 1.165) is 12.8 Å².